The zero-order valence-corrected chi connectivity index (χ0v) is 14.6. The van der Waals surface area contributed by atoms with Crippen molar-refractivity contribution >= 4 is 34.1 Å². The maximum absolute atomic E-state index is 12.4. The monoisotopic (exact) mass is 372 g/mol. The molecule has 0 amide bonds. The van der Waals surface area contributed by atoms with Gasteiger partial charge in [-0.15, -0.1) is 0 Å². The molecule has 2 aromatic rings. The Hall–Kier alpha value is -3.46. The predicted molar refractivity (Wildman–Crippen MR) is 95.0 cm³/mol. The van der Waals surface area contributed by atoms with Gasteiger partial charge in [0.15, 0.2) is 0 Å². The van der Waals surface area contributed by atoms with Gasteiger partial charge in [0.1, 0.15) is 12.4 Å². The van der Waals surface area contributed by atoms with Crippen molar-refractivity contribution in [1.82, 2.24) is 0 Å². The Morgan fingerprint density at radius 1 is 1.07 bits per heavy atom. The lowest BCUT2D eigenvalue weighted by molar-refractivity contribution is -0.383. The summed E-state index contributed by atoms with van der Waals surface area (Å²) in [5.41, 5.74) is 0.398. The molecule has 3 rings (SSSR count). The average molecular weight is 372 g/mol. The van der Waals surface area contributed by atoms with Gasteiger partial charge >= 0.3 is 11.9 Å². The number of carbonyl (C=O) groups excluding carboxylic acids is 2. The number of esters is 2. The van der Waals surface area contributed by atoms with E-state index in [0.29, 0.717) is 16.5 Å². The predicted octanol–water partition coefficient (Wildman–Crippen LogP) is 2.14. The second-order valence-corrected chi connectivity index (χ2v) is 5.62. The van der Waals surface area contributed by atoms with Crippen molar-refractivity contribution < 1.29 is 28.7 Å². The van der Waals surface area contributed by atoms with Crippen LogP contribution in [0, 0.1) is 10.1 Å². The summed E-state index contributed by atoms with van der Waals surface area (Å²) in [5.74, 6) is -1.45. The Bertz CT molecular complexity index is 967. The molecule has 9 heteroatoms. The molecule has 0 aromatic heterocycles. The van der Waals surface area contributed by atoms with Gasteiger partial charge in [-0.25, -0.2) is 9.59 Å². The maximum atomic E-state index is 12.4. The molecule has 0 N–H and O–H groups in total. The van der Waals surface area contributed by atoms with Gasteiger partial charge in [0.2, 0.25) is 0 Å². The Morgan fingerprint density at radius 2 is 1.74 bits per heavy atom. The van der Waals surface area contributed by atoms with E-state index < -0.39 is 16.9 Å². The average Bonchev–Trinajstić information content (AvgIpc) is 2.70. The van der Waals surface area contributed by atoms with Crippen molar-refractivity contribution in [2.45, 2.75) is 0 Å². The Balaban J connectivity index is 2.25. The van der Waals surface area contributed by atoms with Crippen LogP contribution in [0.1, 0.15) is 0 Å². The number of hydrogen-bond acceptors (Lipinski definition) is 8. The van der Waals surface area contributed by atoms with Gasteiger partial charge in [0.05, 0.1) is 42.4 Å². The lowest BCUT2D eigenvalue weighted by Crippen LogP contribution is -2.38. The first kappa shape index (κ1) is 18.3. The summed E-state index contributed by atoms with van der Waals surface area (Å²) in [4.78, 5) is 36.8. The molecule has 9 nitrogen and oxygen atoms in total. The Morgan fingerprint density at radius 3 is 2.41 bits per heavy atom. The van der Waals surface area contributed by atoms with Gasteiger partial charge in [-0.1, -0.05) is 18.2 Å². The number of ether oxygens (including phenoxy) is 3. The molecule has 0 saturated carbocycles. The molecule has 0 radical (unpaired) electrons. The third-order valence-corrected chi connectivity index (χ3v) is 4.20. The summed E-state index contributed by atoms with van der Waals surface area (Å²) >= 11 is 0. The number of methoxy groups -OCH3 is 2. The summed E-state index contributed by atoms with van der Waals surface area (Å²) < 4.78 is 15.0. The van der Waals surface area contributed by atoms with Crippen LogP contribution in [0.15, 0.2) is 47.7 Å². The standard InChI is InChI=1S/C18H16N2O7/c1-25-17(21)13-9-27-10-19(16(13)18(22)26-2)14-7-3-6-12-11(14)5-4-8-15(12)20(23)24/h3-8H,9-10H2,1-2H3. The molecule has 27 heavy (non-hydrogen) atoms. The van der Waals surface area contributed by atoms with Crippen LogP contribution in [0.5, 0.6) is 0 Å². The van der Waals surface area contributed by atoms with Crippen molar-refractivity contribution in [2.75, 3.05) is 32.5 Å². The van der Waals surface area contributed by atoms with Crippen LogP contribution in [0.25, 0.3) is 10.8 Å². The first-order valence-electron chi connectivity index (χ1n) is 7.90. The zero-order chi connectivity index (χ0) is 19.6. The van der Waals surface area contributed by atoms with Crippen LogP contribution in [0.3, 0.4) is 0 Å². The van der Waals surface area contributed by atoms with Crippen molar-refractivity contribution in [3.8, 4) is 0 Å². The minimum Gasteiger partial charge on any atom is -0.466 e. The van der Waals surface area contributed by atoms with Gasteiger partial charge in [0.25, 0.3) is 5.69 Å². The SMILES string of the molecule is COC(=O)C1=C(C(=O)OC)N(c2cccc3c([N+](=O)[O-])cccc23)COC1. The van der Waals surface area contributed by atoms with E-state index in [-0.39, 0.29) is 30.3 Å². The van der Waals surface area contributed by atoms with E-state index in [2.05, 4.69) is 0 Å². The fourth-order valence-electron chi connectivity index (χ4n) is 3.01. The van der Waals surface area contributed by atoms with Crippen LogP contribution in [-0.2, 0) is 23.8 Å². The molecule has 0 bridgehead atoms. The number of fused-ring (bicyclic) bond motifs is 1. The van der Waals surface area contributed by atoms with Gasteiger partial charge in [-0.2, -0.15) is 0 Å². The Kier molecular flexibility index (Phi) is 5.04. The lowest BCUT2D eigenvalue weighted by Gasteiger charge is -2.32. The number of nitrogens with zero attached hydrogens (tertiary/aromatic N) is 2. The molecule has 0 spiro atoms. The number of rotatable bonds is 4. The summed E-state index contributed by atoms with van der Waals surface area (Å²) in [5, 5.41) is 12.3. The van der Waals surface area contributed by atoms with Crippen LogP contribution in [0.2, 0.25) is 0 Å². The number of nitro groups is 1. The van der Waals surface area contributed by atoms with Crippen LogP contribution >= 0.6 is 0 Å². The molecular weight excluding hydrogens is 356 g/mol. The molecule has 1 aliphatic heterocycles. The van der Waals surface area contributed by atoms with E-state index in [0.717, 1.165) is 0 Å². The molecule has 0 aliphatic carbocycles. The molecule has 1 heterocycles. The highest BCUT2D eigenvalue weighted by Gasteiger charge is 2.33. The van der Waals surface area contributed by atoms with Crippen LogP contribution in [-0.4, -0.2) is 44.4 Å². The summed E-state index contributed by atoms with van der Waals surface area (Å²) in [6.45, 7) is -0.148. The number of anilines is 1. The van der Waals surface area contributed by atoms with Crippen molar-refractivity contribution in [1.29, 1.82) is 0 Å². The highest BCUT2D eigenvalue weighted by atomic mass is 16.6. The van der Waals surface area contributed by atoms with Crippen molar-refractivity contribution in [2.24, 2.45) is 0 Å². The summed E-state index contributed by atoms with van der Waals surface area (Å²) in [6.07, 6.45) is 0. The molecule has 0 saturated heterocycles. The molecule has 2 aromatic carbocycles. The van der Waals surface area contributed by atoms with Gasteiger partial charge in [-0.3, -0.25) is 10.1 Å². The third-order valence-electron chi connectivity index (χ3n) is 4.20. The minimum atomic E-state index is -0.735. The fraction of sp³-hybridized carbons (Fsp3) is 0.222. The second kappa shape index (κ2) is 7.42. The summed E-state index contributed by atoms with van der Waals surface area (Å²) in [6, 6.07) is 9.57. The van der Waals surface area contributed by atoms with Crippen LogP contribution < -0.4 is 4.90 Å². The van der Waals surface area contributed by atoms with E-state index in [4.69, 9.17) is 14.2 Å². The van der Waals surface area contributed by atoms with Crippen molar-refractivity contribution in [3.05, 3.63) is 57.8 Å². The smallest absolute Gasteiger partial charge is 0.355 e. The second-order valence-electron chi connectivity index (χ2n) is 5.62. The molecule has 0 fully saturated rings. The van der Waals surface area contributed by atoms with Gasteiger partial charge in [-0.05, 0) is 12.1 Å². The summed E-state index contributed by atoms with van der Waals surface area (Å²) in [7, 11) is 2.40. The van der Waals surface area contributed by atoms with E-state index in [1.807, 2.05) is 0 Å². The minimum absolute atomic E-state index is 0.0121. The maximum Gasteiger partial charge on any atom is 0.355 e. The molecular formula is C18H16N2O7. The topological polar surface area (TPSA) is 108 Å². The Labute approximate surface area is 153 Å². The highest BCUT2D eigenvalue weighted by Crippen LogP contribution is 2.36. The van der Waals surface area contributed by atoms with Crippen molar-refractivity contribution in [3.63, 3.8) is 0 Å². The first-order valence-corrected chi connectivity index (χ1v) is 7.90. The number of carbonyl (C=O) groups is 2. The largest absolute Gasteiger partial charge is 0.466 e. The number of hydrogen-bond donors (Lipinski definition) is 0. The molecule has 0 unspecified atom stereocenters. The van der Waals surface area contributed by atoms with Gasteiger partial charge < -0.3 is 19.1 Å². The number of nitro benzene ring substituents is 1. The third kappa shape index (κ3) is 3.20. The fourth-order valence-corrected chi connectivity index (χ4v) is 3.01. The van der Waals surface area contributed by atoms with E-state index in [1.54, 1.807) is 30.3 Å². The zero-order valence-electron chi connectivity index (χ0n) is 14.6. The van der Waals surface area contributed by atoms with Crippen LogP contribution in [0.4, 0.5) is 11.4 Å². The van der Waals surface area contributed by atoms with E-state index in [1.165, 1.54) is 25.2 Å². The first-order chi connectivity index (χ1) is 13.0. The number of non-ortho nitro benzene ring substituents is 1. The molecule has 1 aliphatic rings. The molecule has 140 valence electrons. The highest BCUT2D eigenvalue weighted by molar-refractivity contribution is 6.07. The van der Waals surface area contributed by atoms with E-state index in [9.17, 15) is 19.7 Å². The van der Waals surface area contributed by atoms with E-state index >= 15 is 0 Å². The quantitative estimate of drug-likeness (QED) is 0.456. The lowest BCUT2D eigenvalue weighted by atomic mass is 10.0. The van der Waals surface area contributed by atoms with Gasteiger partial charge in [0, 0.05) is 11.5 Å². The number of benzene rings is 2. The molecule has 0 atom stereocenters. The normalized spacial score (nSPS) is 14.2.